The Morgan fingerprint density at radius 1 is 1.12 bits per heavy atom. The number of Topliss-reactive ketones (excluding diaryl/α,β-unsaturated/α-hetero) is 1. The Hall–Kier alpha value is -1.41. The monoisotopic (exact) mass is 288 g/mol. The van der Waals surface area contributed by atoms with Crippen molar-refractivity contribution < 1.29 is 4.79 Å². The van der Waals surface area contributed by atoms with E-state index in [0.29, 0.717) is 6.42 Å². The van der Waals surface area contributed by atoms with Gasteiger partial charge in [-0.25, -0.2) is 0 Å². The van der Waals surface area contributed by atoms with E-state index in [9.17, 15) is 4.79 Å². The molecule has 0 N–H and O–H groups in total. The molecule has 2 rings (SSSR count). The first-order valence-electron chi connectivity index (χ1n) is 5.50. The van der Waals surface area contributed by atoms with Gasteiger partial charge in [-0.15, -0.1) is 0 Å². The normalized spacial score (nSPS) is 10.2. The van der Waals surface area contributed by atoms with Crippen LogP contribution in [0.4, 0.5) is 0 Å². The Kier molecular flexibility index (Phi) is 3.75. The van der Waals surface area contributed by atoms with Gasteiger partial charge in [-0.1, -0.05) is 57.9 Å². The second-order valence-electron chi connectivity index (χ2n) is 4.06. The molecular weight excluding hydrogens is 276 g/mol. The maximum Gasteiger partial charge on any atom is 0.167 e. The van der Waals surface area contributed by atoms with Crippen LogP contribution >= 0.6 is 15.9 Å². The van der Waals surface area contributed by atoms with Crippen LogP contribution in [0, 0.1) is 6.92 Å². The number of ketones is 1. The summed E-state index contributed by atoms with van der Waals surface area (Å²) in [6.07, 6.45) is 0.435. The minimum Gasteiger partial charge on any atom is -0.294 e. The fourth-order valence-electron chi connectivity index (χ4n) is 1.74. The molecule has 0 unspecified atom stereocenters. The van der Waals surface area contributed by atoms with Crippen molar-refractivity contribution in [1.82, 2.24) is 0 Å². The zero-order valence-electron chi connectivity index (χ0n) is 9.61. The molecule has 0 saturated heterocycles. The van der Waals surface area contributed by atoms with Crippen LogP contribution in [-0.2, 0) is 6.42 Å². The van der Waals surface area contributed by atoms with E-state index in [1.807, 2.05) is 55.5 Å². The Bertz CT molecular complexity index is 546. The van der Waals surface area contributed by atoms with Crippen LogP contribution in [0.15, 0.2) is 53.0 Å². The van der Waals surface area contributed by atoms with Crippen LogP contribution in [0.25, 0.3) is 0 Å². The summed E-state index contributed by atoms with van der Waals surface area (Å²) >= 11 is 3.46. The van der Waals surface area contributed by atoms with Gasteiger partial charge in [0.15, 0.2) is 5.78 Å². The molecule has 0 amide bonds. The largest absolute Gasteiger partial charge is 0.294 e. The Labute approximate surface area is 110 Å². The zero-order chi connectivity index (χ0) is 12.3. The average molecular weight is 289 g/mol. The fourth-order valence-corrected chi connectivity index (χ4v) is 2.16. The van der Waals surface area contributed by atoms with Gasteiger partial charge in [0.1, 0.15) is 0 Å². The molecule has 0 aromatic heterocycles. The van der Waals surface area contributed by atoms with Gasteiger partial charge in [-0.3, -0.25) is 4.79 Å². The van der Waals surface area contributed by atoms with E-state index in [-0.39, 0.29) is 5.78 Å². The summed E-state index contributed by atoms with van der Waals surface area (Å²) in [4.78, 5) is 12.1. The lowest BCUT2D eigenvalue weighted by atomic mass is 10.0. The van der Waals surface area contributed by atoms with Crippen molar-refractivity contribution >= 4 is 21.7 Å². The molecule has 0 fully saturated rings. The summed E-state index contributed by atoms with van der Waals surface area (Å²) in [6.45, 7) is 2.00. The minimum atomic E-state index is 0.153. The molecule has 0 aliphatic carbocycles. The molecule has 0 aliphatic heterocycles. The first-order valence-corrected chi connectivity index (χ1v) is 6.29. The predicted octanol–water partition coefficient (Wildman–Crippen LogP) is 4.18. The zero-order valence-corrected chi connectivity index (χ0v) is 11.2. The fraction of sp³-hybridized carbons (Fsp3) is 0.133. The third-order valence-corrected chi connectivity index (χ3v) is 3.42. The van der Waals surface area contributed by atoms with E-state index in [1.54, 1.807) is 0 Å². The number of halogens is 1. The SMILES string of the molecule is Cc1cccc(C(=O)Cc2ccccc2Br)c1. The van der Waals surface area contributed by atoms with E-state index in [1.165, 1.54) is 0 Å². The second-order valence-corrected chi connectivity index (χ2v) is 4.92. The third kappa shape index (κ3) is 3.04. The number of carbonyl (C=O) groups excluding carboxylic acids is 1. The van der Waals surface area contributed by atoms with E-state index >= 15 is 0 Å². The van der Waals surface area contributed by atoms with Gasteiger partial charge < -0.3 is 0 Å². The molecular formula is C15H13BrO. The maximum atomic E-state index is 12.1. The summed E-state index contributed by atoms with van der Waals surface area (Å²) < 4.78 is 0.987. The highest BCUT2D eigenvalue weighted by atomic mass is 79.9. The van der Waals surface area contributed by atoms with Crippen LogP contribution in [0.5, 0.6) is 0 Å². The highest BCUT2D eigenvalue weighted by Crippen LogP contribution is 2.18. The smallest absolute Gasteiger partial charge is 0.167 e. The third-order valence-electron chi connectivity index (χ3n) is 2.65. The topological polar surface area (TPSA) is 17.1 Å². The molecule has 0 atom stereocenters. The molecule has 0 heterocycles. The number of aryl methyl sites for hydroxylation is 1. The molecule has 0 aliphatic rings. The van der Waals surface area contributed by atoms with Crippen molar-refractivity contribution in [1.29, 1.82) is 0 Å². The van der Waals surface area contributed by atoms with Crippen molar-refractivity contribution in [3.8, 4) is 0 Å². The first kappa shape index (κ1) is 12.1. The van der Waals surface area contributed by atoms with Crippen LogP contribution < -0.4 is 0 Å². The number of hydrogen-bond donors (Lipinski definition) is 0. The minimum absolute atomic E-state index is 0.153. The average Bonchev–Trinajstić information content (AvgIpc) is 2.32. The number of hydrogen-bond acceptors (Lipinski definition) is 1. The molecule has 0 bridgehead atoms. The van der Waals surface area contributed by atoms with Gasteiger partial charge in [0.25, 0.3) is 0 Å². The first-order chi connectivity index (χ1) is 8.16. The summed E-state index contributed by atoms with van der Waals surface area (Å²) in [6, 6.07) is 15.5. The van der Waals surface area contributed by atoms with Crippen molar-refractivity contribution in [2.45, 2.75) is 13.3 Å². The van der Waals surface area contributed by atoms with Crippen LogP contribution in [0.3, 0.4) is 0 Å². The molecule has 86 valence electrons. The standard InChI is InChI=1S/C15H13BrO/c1-11-5-4-7-13(9-11)15(17)10-12-6-2-3-8-14(12)16/h2-9H,10H2,1H3. The van der Waals surface area contributed by atoms with Crippen molar-refractivity contribution in [2.24, 2.45) is 0 Å². The Balaban J connectivity index is 2.20. The van der Waals surface area contributed by atoms with Gasteiger partial charge in [-0.05, 0) is 24.6 Å². The van der Waals surface area contributed by atoms with E-state index in [4.69, 9.17) is 0 Å². The van der Waals surface area contributed by atoms with Gasteiger partial charge in [0.05, 0.1) is 0 Å². The quantitative estimate of drug-likeness (QED) is 0.775. The number of carbonyl (C=O) groups is 1. The summed E-state index contributed by atoms with van der Waals surface area (Å²) in [5.41, 5.74) is 2.92. The molecule has 0 saturated carbocycles. The molecule has 0 spiro atoms. The Morgan fingerprint density at radius 2 is 1.88 bits per heavy atom. The van der Waals surface area contributed by atoms with Crippen LogP contribution in [-0.4, -0.2) is 5.78 Å². The van der Waals surface area contributed by atoms with Gasteiger partial charge >= 0.3 is 0 Å². The highest BCUT2D eigenvalue weighted by molar-refractivity contribution is 9.10. The number of rotatable bonds is 3. The number of benzene rings is 2. The van der Waals surface area contributed by atoms with E-state index in [0.717, 1.165) is 21.2 Å². The molecule has 2 aromatic rings. The lowest BCUT2D eigenvalue weighted by molar-refractivity contribution is 0.0992. The molecule has 17 heavy (non-hydrogen) atoms. The van der Waals surface area contributed by atoms with Gasteiger partial charge in [0.2, 0.25) is 0 Å². The van der Waals surface area contributed by atoms with Crippen molar-refractivity contribution in [3.63, 3.8) is 0 Å². The molecule has 1 nitrogen and oxygen atoms in total. The molecule has 2 heteroatoms. The second kappa shape index (κ2) is 5.28. The summed E-state index contributed by atoms with van der Waals surface area (Å²) in [5.74, 6) is 0.153. The van der Waals surface area contributed by atoms with Gasteiger partial charge in [0, 0.05) is 16.5 Å². The molecule has 2 aromatic carbocycles. The highest BCUT2D eigenvalue weighted by Gasteiger charge is 2.08. The van der Waals surface area contributed by atoms with Crippen LogP contribution in [0.2, 0.25) is 0 Å². The van der Waals surface area contributed by atoms with Gasteiger partial charge in [-0.2, -0.15) is 0 Å². The summed E-state index contributed by atoms with van der Waals surface area (Å²) in [7, 11) is 0. The lowest BCUT2D eigenvalue weighted by Crippen LogP contribution is -2.04. The van der Waals surface area contributed by atoms with Crippen LogP contribution in [0.1, 0.15) is 21.5 Å². The molecule has 0 radical (unpaired) electrons. The Morgan fingerprint density at radius 3 is 2.59 bits per heavy atom. The van der Waals surface area contributed by atoms with Crippen molar-refractivity contribution in [3.05, 3.63) is 69.7 Å². The maximum absolute atomic E-state index is 12.1. The summed E-state index contributed by atoms with van der Waals surface area (Å²) in [5, 5.41) is 0. The van der Waals surface area contributed by atoms with E-state index < -0.39 is 0 Å². The van der Waals surface area contributed by atoms with Crippen molar-refractivity contribution in [2.75, 3.05) is 0 Å². The lowest BCUT2D eigenvalue weighted by Gasteiger charge is -2.04. The van der Waals surface area contributed by atoms with E-state index in [2.05, 4.69) is 15.9 Å². The predicted molar refractivity (Wildman–Crippen MR) is 73.4 cm³/mol.